The van der Waals surface area contributed by atoms with Crippen molar-refractivity contribution in [2.75, 3.05) is 6.61 Å². The molecule has 0 spiro atoms. The number of halogens is 3. The van der Waals surface area contributed by atoms with Gasteiger partial charge in [0.15, 0.2) is 0 Å². The third-order valence-electron chi connectivity index (χ3n) is 2.06. The lowest BCUT2D eigenvalue weighted by Gasteiger charge is -2.23. The first-order valence-electron chi connectivity index (χ1n) is 5.17. The van der Waals surface area contributed by atoms with Gasteiger partial charge in [0, 0.05) is 12.0 Å². The second kappa shape index (κ2) is 6.08. The highest BCUT2D eigenvalue weighted by Crippen LogP contribution is 2.25. The molecule has 1 unspecified atom stereocenters. The molecule has 0 heterocycles. The average Bonchev–Trinajstić information content (AvgIpc) is 1.99. The van der Waals surface area contributed by atoms with E-state index in [9.17, 15) is 18.0 Å². The Morgan fingerprint density at radius 1 is 1.31 bits per heavy atom. The summed E-state index contributed by atoms with van der Waals surface area (Å²) in [6, 6.07) is 0. The van der Waals surface area contributed by atoms with Gasteiger partial charge in [-0.25, -0.2) is 0 Å². The molecule has 0 aliphatic heterocycles. The van der Waals surface area contributed by atoms with E-state index in [-0.39, 0.29) is 25.9 Å². The van der Waals surface area contributed by atoms with Crippen LogP contribution in [0.25, 0.3) is 0 Å². The molecule has 0 radical (unpaired) electrons. The summed E-state index contributed by atoms with van der Waals surface area (Å²) < 4.78 is 40.3. The van der Waals surface area contributed by atoms with Crippen LogP contribution < -0.4 is 5.73 Å². The molecular formula is C10H18F3NO2. The van der Waals surface area contributed by atoms with Gasteiger partial charge in [0.25, 0.3) is 0 Å². The molecule has 0 saturated heterocycles. The van der Waals surface area contributed by atoms with Crippen LogP contribution in [0.4, 0.5) is 13.2 Å². The molecule has 96 valence electrons. The zero-order valence-electron chi connectivity index (χ0n) is 9.56. The second-order valence-corrected chi connectivity index (χ2v) is 4.10. The number of esters is 1. The molecule has 0 aromatic heterocycles. The molecule has 0 saturated carbocycles. The highest BCUT2D eigenvalue weighted by atomic mass is 19.4. The molecule has 1 atom stereocenters. The summed E-state index contributed by atoms with van der Waals surface area (Å²) in [5.41, 5.74) is 4.78. The van der Waals surface area contributed by atoms with Gasteiger partial charge in [0.1, 0.15) is 0 Å². The van der Waals surface area contributed by atoms with E-state index in [0.717, 1.165) is 0 Å². The Bertz CT molecular complexity index is 227. The zero-order chi connectivity index (χ0) is 12.8. The summed E-state index contributed by atoms with van der Waals surface area (Å²) in [5, 5.41) is 0. The molecule has 6 heteroatoms. The molecule has 0 rings (SSSR count). The molecule has 0 bridgehead atoms. The minimum Gasteiger partial charge on any atom is -0.466 e. The van der Waals surface area contributed by atoms with Gasteiger partial charge in [0.05, 0.1) is 13.0 Å². The van der Waals surface area contributed by atoms with Gasteiger partial charge in [-0.1, -0.05) is 0 Å². The van der Waals surface area contributed by atoms with Crippen LogP contribution in [-0.2, 0) is 9.53 Å². The molecular weight excluding hydrogens is 223 g/mol. The quantitative estimate of drug-likeness (QED) is 0.726. The minimum atomic E-state index is -4.17. The lowest BCUT2D eigenvalue weighted by Crippen LogP contribution is -2.39. The van der Waals surface area contributed by atoms with Gasteiger partial charge < -0.3 is 10.5 Å². The van der Waals surface area contributed by atoms with Crippen LogP contribution in [0.2, 0.25) is 0 Å². The fraction of sp³-hybridized carbons (Fsp3) is 0.900. The molecule has 0 aromatic rings. The number of hydrogen-bond donors (Lipinski definition) is 1. The molecule has 0 aliphatic carbocycles. The van der Waals surface area contributed by atoms with Gasteiger partial charge in [0.2, 0.25) is 0 Å². The fourth-order valence-electron chi connectivity index (χ4n) is 1.32. The van der Waals surface area contributed by atoms with Crippen molar-refractivity contribution in [1.29, 1.82) is 0 Å². The van der Waals surface area contributed by atoms with Gasteiger partial charge >= 0.3 is 12.1 Å². The third-order valence-corrected chi connectivity index (χ3v) is 2.06. The van der Waals surface area contributed by atoms with E-state index in [1.54, 1.807) is 13.8 Å². The van der Waals surface area contributed by atoms with Crippen molar-refractivity contribution < 1.29 is 22.7 Å². The molecule has 0 aromatic carbocycles. The number of carbonyl (C=O) groups is 1. The standard InChI is InChI=1S/C10H18F3NO2/c1-3-16-8(15)7-9(2,14)5-4-6-10(11,12)13/h3-7,14H2,1-2H3. The predicted octanol–water partition coefficient (Wildman–Crippen LogP) is 2.39. The maximum atomic E-state index is 11.9. The maximum Gasteiger partial charge on any atom is 0.389 e. The summed E-state index contributed by atoms with van der Waals surface area (Å²) in [6.07, 6.45) is -5.03. The summed E-state index contributed by atoms with van der Waals surface area (Å²) in [4.78, 5) is 11.1. The van der Waals surface area contributed by atoms with E-state index < -0.39 is 24.1 Å². The number of ether oxygens (including phenoxy) is 1. The topological polar surface area (TPSA) is 52.3 Å². The third kappa shape index (κ3) is 8.52. The SMILES string of the molecule is CCOC(=O)CC(C)(N)CCCC(F)(F)F. The lowest BCUT2D eigenvalue weighted by molar-refractivity contribution is -0.144. The van der Waals surface area contributed by atoms with E-state index in [4.69, 9.17) is 5.73 Å². The van der Waals surface area contributed by atoms with Crippen molar-refractivity contribution in [3.05, 3.63) is 0 Å². The summed E-state index contributed by atoms with van der Waals surface area (Å²) in [7, 11) is 0. The van der Waals surface area contributed by atoms with E-state index in [1.807, 2.05) is 0 Å². The van der Waals surface area contributed by atoms with Crippen LogP contribution in [0.15, 0.2) is 0 Å². The Balaban J connectivity index is 3.91. The van der Waals surface area contributed by atoms with Crippen LogP contribution >= 0.6 is 0 Å². The Hall–Kier alpha value is -0.780. The van der Waals surface area contributed by atoms with Crippen LogP contribution in [-0.4, -0.2) is 24.3 Å². The van der Waals surface area contributed by atoms with E-state index in [0.29, 0.717) is 0 Å². The second-order valence-electron chi connectivity index (χ2n) is 4.10. The zero-order valence-corrected chi connectivity index (χ0v) is 9.56. The van der Waals surface area contributed by atoms with Crippen molar-refractivity contribution in [3.63, 3.8) is 0 Å². The largest absolute Gasteiger partial charge is 0.466 e. The number of nitrogens with two attached hydrogens (primary N) is 1. The molecule has 16 heavy (non-hydrogen) atoms. The Morgan fingerprint density at radius 3 is 2.31 bits per heavy atom. The van der Waals surface area contributed by atoms with Crippen LogP contribution in [0.5, 0.6) is 0 Å². The molecule has 2 N–H and O–H groups in total. The number of alkyl halides is 3. The van der Waals surface area contributed by atoms with Crippen LogP contribution in [0, 0.1) is 0 Å². The Labute approximate surface area is 93.1 Å². The highest BCUT2D eigenvalue weighted by Gasteiger charge is 2.29. The molecule has 0 fully saturated rings. The van der Waals surface area contributed by atoms with Crippen LogP contribution in [0.3, 0.4) is 0 Å². The van der Waals surface area contributed by atoms with Gasteiger partial charge in [-0.3, -0.25) is 4.79 Å². The first-order chi connectivity index (χ1) is 7.16. The Morgan fingerprint density at radius 2 is 1.88 bits per heavy atom. The minimum absolute atomic E-state index is 0.0568. The summed E-state index contributed by atoms with van der Waals surface area (Å²) >= 11 is 0. The van der Waals surface area contributed by atoms with Gasteiger partial charge in [-0.05, 0) is 26.7 Å². The normalized spacial score (nSPS) is 15.6. The molecule has 0 aliphatic rings. The van der Waals surface area contributed by atoms with E-state index >= 15 is 0 Å². The van der Waals surface area contributed by atoms with Crippen molar-refractivity contribution in [2.24, 2.45) is 5.73 Å². The molecule has 3 nitrogen and oxygen atoms in total. The number of rotatable bonds is 6. The molecule has 0 amide bonds. The fourth-order valence-corrected chi connectivity index (χ4v) is 1.32. The summed E-state index contributed by atoms with van der Waals surface area (Å²) in [6.45, 7) is 3.47. The van der Waals surface area contributed by atoms with Crippen molar-refractivity contribution in [2.45, 2.75) is 51.2 Å². The van der Waals surface area contributed by atoms with Crippen LogP contribution in [0.1, 0.15) is 39.5 Å². The predicted molar refractivity (Wildman–Crippen MR) is 53.7 cm³/mol. The van der Waals surface area contributed by atoms with Crippen molar-refractivity contribution >= 4 is 5.97 Å². The maximum absolute atomic E-state index is 11.9. The number of hydrogen-bond acceptors (Lipinski definition) is 3. The van der Waals surface area contributed by atoms with Gasteiger partial charge in [-0.15, -0.1) is 0 Å². The number of carbonyl (C=O) groups excluding carboxylic acids is 1. The van der Waals surface area contributed by atoms with E-state index in [1.165, 1.54) is 0 Å². The monoisotopic (exact) mass is 241 g/mol. The van der Waals surface area contributed by atoms with Gasteiger partial charge in [-0.2, -0.15) is 13.2 Å². The van der Waals surface area contributed by atoms with Crippen molar-refractivity contribution in [1.82, 2.24) is 0 Å². The summed E-state index contributed by atoms with van der Waals surface area (Å²) in [5.74, 6) is -0.473. The smallest absolute Gasteiger partial charge is 0.389 e. The van der Waals surface area contributed by atoms with E-state index in [2.05, 4.69) is 4.74 Å². The highest BCUT2D eigenvalue weighted by molar-refractivity contribution is 5.70. The first-order valence-corrected chi connectivity index (χ1v) is 5.17. The average molecular weight is 241 g/mol. The Kier molecular flexibility index (Phi) is 5.78. The lowest BCUT2D eigenvalue weighted by atomic mass is 9.92. The first kappa shape index (κ1) is 15.2. The van der Waals surface area contributed by atoms with Crippen molar-refractivity contribution in [3.8, 4) is 0 Å².